The van der Waals surface area contributed by atoms with E-state index in [4.69, 9.17) is 5.73 Å². The molecule has 0 bridgehead atoms. The van der Waals surface area contributed by atoms with E-state index in [1.165, 1.54) is 5.39 Å². The van der Waals surface area contributed by atoms with Gasteiger partial charge in [0.1, 0.15) is 0 Å². The van der Waals surface area contributed by atoms with Gasteiger partial charge in [0.25, 0.3) is 0 Å². The Kier molecular flexibility index (Phi) is 4.40. The van der Waals surface area contributed by atoms with E-state index in [2.05, 4.69) is 36.2 Å². The molecule has 0 saturated heterocycles. The van der Waals surface area contributed by atoms with Crippen molar-refractivity contribution in [1.29, 1.82) is 0 Å². The molecule has 0 saturated carbocycles. The Morgan fingerprint density at radius 3 is 2.88 bits per heavy atom. The zero-order valence-electron chi connectivity index (χ0n) is 10.1. The Bertz CT molecular complexity index is 482. The van der Waals surface area contributed by atoms with Crippen LogP contribution in [0.5, 0.6) is 0 Å². The fourth-order valence-electron chi connectivity index (χ4n) is 1.63. The summed E-state index contributed by atoms with van der Waals surface area (Å²) in [7, 11) is 0. The lowest BCUT2D eigenvalue weighted by Gasteiger charge is -2.05. The van der Waals surface area contributed by atoms with Crippen LogP contribution < -0.4 is 5.73 Å². The van der Waals surface area contributed by atoms with Crippen molar-refractivity contribution in [2.75, 3.05) is 5.75 Å². The normalized spacial score (nSPS) is 12.8. The number of aromatic nitrogens is 1. The molecule has 3 heteroatoms. The second-order valence-corrected chi connectivity index (χ2v) is 5.42. The van der Waals surface area contributed by atoms with Gasteiger partial charge in [-0.2, -0.15) is 11.8 Å². The number of benzene rings is 1. The molecular weight excluding hydrogens is 228 g/mol. The van der Waals surface area contributed by atoms with Gasteiger partial charge >= 0.3 is 0 Å². The predicted octanol–water partition coefficient (Wildman–Crippen LogP) is 3.21. The lowest BCUT2D eigenvalue weighted by Crippen LogP contribution is -2.15. The Morgan fingerprint density at radius 2 is 2.06 bits per heavy atom. The van der Waals surface area contributed by atoms with Crippen molar-refractivity contribution >= 4 is 22.7 Å². The summed E-state index contributed by atoms with van der Waals surface area (Å²) in [6.07, 6.45) is 1.07. The third kappa shape index (κ3) is 3.72. The summed E-state index contributed by atoms with van der Waals surface area (Å²) < 4.78 is 0. The second-order valence-electron chi connectivity index (χ2n) is 4.31. The molecule has 1 aromatic heterocycles. The van der Waals surface area contributed by atoms with Gasteiger partial charge < -0.3 is 5.73 Å². The molecule has 1 atom stereocenters. The molecule has 2 nitrogen and oxygen atoms in total. The van der Waals surface area contributed by atoms with Gasteiger partial charge in [-0.05, 0) is 31.2 Å². The van der Waals surface area contributed by atoms with Crippen LogP contribution in [0.2, 0.25) is 0 Å². The molecular formula is C14H18N2S. The fourth-order valence-corrected chi connectivity index (χ4v) is 2.69. The number of hydrogen-bond donors (Lipinski definition) is 1. The third-order valence-corrected chi connectivity index (χ3v) is 3.65. The molecule has 0 amide bonds. The van der Waals surface area contributed by atoms with Crippen LogP contribution in [0, 0.1) is 0 Å². The summed E-state index contributed by atoms with van der Waals surface area (Å²) >= 11 is 1.90. The van der Waals surface area contributed by atoms with Crippen LogP contribution in [0.25, 0.3) is 10.9 Å². The lowest BCUT2D eigenvalue weighted by molar-refractivity contribution is 0.721. The summed E-state index contributed by atoms with van der Waals surface area (Å²) in [4.78, 5) is 4.64. The molecule has 2 N–H and O–H groups in total. The van der Waals surface area contributed by atoms with Crippen LogP contribution in [0.3, 0.4) is 0 Å². The van der Waals surface area contributed by atoms with E-state index in [-0.39, 0.29) is 0 Å². The Balaban J connectivity index is 1.95. The summed E-state index contributed by atoms with van der Waals surface area (Å²) in [6, 6.07) is 12.8. The van der Waals surface area contributed by atoms with Gasteiger partial charge in [0.15, 0.2) is 0 Å². The maximum absolute atomic E-state index is 5.72. The van der Waals surface area contributed by atoms with Gasteiger partial charge in [-0.15, -0.1) is 0 Å². The van der Waals surface area contributed by atoms with E-state index in [1.54, 1.807) is 0 Å². The van der Waals surface area contributed by atoms with Crippen molar-refractivity contribution in [2.45, 2.75) is 25.1 Å². The first-order valence-electron chi connectivity index (χ1n) is 5.94. The molecule has 90 valence electrons. The smallest absolute Gasteiger partial charge is 0.0705 e. The van der Waals surface area contributed by atoms with Gasteiger partial charge in [0.2, 0.25) is 0 Å². The van der Waals surface area contributed by atoms with E-state index < -0.39 is 0 Å². The number of hydrogen-bond acceptors (Lipinski definition) is 3. The van der Waals surface area contributed by atoms with Crippen molar-refractivity contribution in [1.82, 2.24) is 4.98 Å². The van der Waals surface area contributed by atoms with Crippen molar-refractivity contribution in [3.05, 3.63) is 42.1 Å². The van der Waals surface area contributed by atoms with Crippen LogP contribution in [0.15, 0.2) is 36.4 Å². The molecule has 2 rings (SSSR count). The summed E-state index contributed by atoms with van der Waals surface area (Å²) in [6.45, 7) is 2.05. The number of thioether (sulfide) groups is 1. The Labute approximate surface area is 107 Å². The third-order valence-electron chi connectivity index (χ3n) is 2.62. The molecule has 0 radical (unpaired) electrons. The highest BCUT2D eigenvalue weighted by atomic mass is 32.2. The fraction of sp³-hybridized carbons (Fsp3) is 0.357. The summed E-state index contributed by atoms with van der Waals surface area (Å²) in [5, 5.41) is 1.21. The van der Waals surface area contributed by atoms with E-state index in [1.807, 2.05) is 23.9 Å². The van der Waals surface area contributed by atoms with Crippen LogP contribution >= 0.6 is 11.8 Å². The van der Waals surface area contributed by atoms with Gasteiger partial charge in [0, 0.05) is 17.2 Å². The molecule has 17 heavy (non-hydrogen) atoms. The zero-order chi connectivity index (χ0) is 12.1. The summed E-state index contributed by atoms with van der Waals surface area (Å²) in [5.74, 6) is 2.07. The topological polar surface area (TPSA) is 38.9 Å². The Morgan fingerprint density at radius 1 is 1.24 bits per heavy atom. The highest BCUT2D eigenvalue weighted by Crippen LogP contribution is 2.16. The number of pyridine rings is 1. The number of nitrogens with two attached hydrogens (primary N) is 1. The van der Waals surface area contributed by atoms with Gasteiger partial charge in [-0.3, -0.25) is 4.98 Å². The first kappa shape index (κ1) is 12.4. The van der Waals surface area contributed by atoms with Crippen molar-refractivity contribution < 1.29 is 0 Å². The van der Waals surface area contributed by atoms with Crippen LogP contribution in [-0.2, 0) is 5.75 Å². The molecule has 2 aromatic rings. The SMILES string of the molecule is CC(N)CCSCc1ccc2ccccc2n1. The number of nitrogens with zero attached hydrogens (tertiary/aromatic N) is 1. The van der Waals surface area contributed by atoms with Crippen molar-refractivity contribution in [3.8, 4) is 0 Å². The zero-order valence-corrected chi connectivity index (χ0v) is 10.9. The monoisotopic (exact) mass is 246 g/mol. The molecule has 0 aliphatic rings. The predicted molar refractivity (Wildman–Crippen MR) is 76.2 cm³/mol. The van der Waals surface area contributed by atoms with Crippen LogP contribution in [0.4, 0.5) is 0 Å². The largest absolute Gasteiger partial charge is 0.328 e. The van der Waals surface area contributed by atoms with Gasteiger partial charge in [0.05, 0.1) is 11.2 Å². The number of fused-ring (bicyclic) bond motifs is 1. The molecule has 0 aliphatic carbocycles. The average molecular weight is 246 g/mol. The maximum Gasteiger partial charge on any atom is 0.0705 e. The maximum atomic E-state index is 5.72. The molecule has 0 fully saturated rings. The quantitative estimate of drug-likeness (QED) is 0.823. The molecule has 1 heterocycles. The molecule has 1 aromatic carbocycles. The van der Waals surface area contributed by atoms with E-state index in [0.717, 1.165) is 29.1 Å². The van der Waals surface area contributed by atoms with Gasteiger partial charge in [-0.1, -0.05) is 24.3 Å². The van der Waals surface area contributed by atoms with Crippen molar-refractivity contribution in [3.63, 3.8) is 0 Å². The van der Waals surface area contributed by atoms with E-state index in [0.29, 0.717) is 6.04 Å². The second kappa shape index (κ2) is 6.03. The van der Waals surface area contributed by atoms with Crippen LogP contribution in [0.1, 0.15) is 19.0 Å². The minimum atomic E-state index is 0.298. The number of para-hydroxylation sites is 1. The Hall–Kier alpha value is -1.06. The number of rotatable bonds is 5. The van der Waals surface area contributed by atoms with E-state index >= 15 is 0 Å². The van der Waals surface area contributed by atoms with Gasteiger partial charge in [-0.25, -0.2) is 0 Å². The molecule has 1 unspecified atom stereocenters. The first-order chi connectivity index (χ1) is 8.25. The average Bonchev–Trinajstić information content (AvgIpc) is 2.34. The highest BCUT2D eigenvalue weighted by molar-refractivity contribution is 7.98. The first-order valence-corrected chi connectivity index (χ1v) is 7.09. The highest BCUT2D eigenvalue weighted by Gasteiger charge is 1.99. The van der Waals surface area contributed by atoms with Crippen molar-refractivity contribution in [2.24, 2.45) is 5.73 Å². The van der Waals surface area contributed by atoms with E-state index in [9.17, 15) is 0 Å². The molecule has 0 aliphatic heterocycles. The standard InChI is InChI=1S/C14H18N2S/c1-11(15)8-9-17-10-13-7-6-12-4-2-3-5-14(12)16-13/h2-7,11H,8-10,15H2,1H3. The summed E-state index contributed by atoms with van der Waals surface area (Å²) in [5.41, 5.74) is 7.95. The minimum absolute atomic E-state index is 0.298. The minimum Gasteiger partial charge on any atom is -0.328 e. The molecule has 0 spiro atoms. The lowest BCUT2D eigenvalue weighted by atomic mass is 10.2. The van der Waals surface area contributed by atoms with Crippen LogP contribution in [-0.4, -0.2) is 16.8 Å².